The highest BCUT2D eigenvalue weighted by molar-refractivity contribution is 7.99. The highest BCUT2D eigenvalue weighted by atomic mass is 35.5. The standard InChI is InChI=1S/C23H21ClF2N4O2S.C3H4O/c1-28-13-8-29(9-14(28)11-32-10-13)22-16-7-17(24)19(15-3-2-12(25)6-18(15)26)21-20(16)30(4-5-33-21)23(31)27-22;1-2-3-4/h2-3,6-7,13-14H,4-5,8-11H2,1H3;2-3H,1H2. The van der Waals surface area contributed by atoms with Gasteiger partial charge in [-0.2, -0.15) is 4.98 Å². The molecule has 1 aromatic heterocycles. The largest absolute Gasteiger partial charge is 0.378 e. The van der Waals surface area contributed by atoms with Crippen molar-refractivity contribution in [1.29, 1.82) is 0 Å². The van der Waals surface area contributed by atoms with Crippen molar-refractivity contribution in [3.8, 4) is 11.1 Å². The Hall–Kier alpha value is -2.79. The first-order chi connectivity index (χ1) is 17.8. The third-order valence-electron chi connectivity index (χ3n) is 6.94. The van der Waals surface area contributed by atoms with Gasteiger partial charge >= 0.3 is 5.69 Å². The molecule has 0 radical (unpaired) electrons. The Morgan fingerprint density at radius 2 is 1.92 bits per heavy atom. The number of benzene rings is 2. The molecule has 2 saturated heterocycles. The number of hydrogen-bond acceptors (Lipinski definition) is 7. The SMILES string of the molecule is C=CC=O.CN1C2COCC1CN(c1nc(=O)n3c4c(c(-c5ccc(F)cc5F)c(Cl)cc14)SCC3)C2. The molecule has 6 rings (SSSR count). The molecule has 37 heavy (non-hydrogen) atoms. The molecule has 3 aromatic rings. The van der Waals surface area contributed by atoms with E-state index in [1.807, 2.05) is 0 Å². The van der Waals surface area contributed by atoms with E-state index in [-0.39, 0.29) is 23.3 Å². The van der Waals surface area contributed by atoms with Crippen molar-refractivity contribution >= 4 is 46.4 Å². The van der Waals surface area contributed by atoms with Crippen LogP contribution in [0.5, 0.6) is 0 Å². The number of allylic oxidation sites excluding steroid dienone is 1. The fraction of sp³-hybridized carbons (Fsp3) is 0.346. The normalized spacial score (nSPS) is 20.8. The summed E-state index contributed by atoms with van der Waals surface area (Å²) >= 11 is 8.28. The molecule has 2 unspecified atom stereocenters. The molecule has 0 saturated carbocycles. The van der Waals surface area contributed by atoms with Gasteiger partial charge in [0.15, 0.2) is 0 Å². The van der Waals surface area contributed by atoms with Gasteiger partial charge in [-0.25, -0.2) is 13.6 Å². The summed E-state index contributed by atoms with van der Waals surface area (Å²) in [6.45, 7) is 6.26. The summed E-state index contributed by atoms with van der Waals surface area (Å²) in [6.07, 6.45) is 1.83. The van der Waals surface area contributed by atoms with E-state index < -0.39 is 11.6 Å². The molecule has 4 heterocycles. The lowest BCUT2D eigenvalue weighted by atomic mass is 10.0. The molecule has 0 amide bonds. The molecule has 3 aliphatic heterocycles. The van der Waals surface area contributed by atoms with Crippen LogP contribution in [0.3, 0.4) is 0 Å². The summed E-state index contributed by atoms with van der Waals surface area (Å²) in [5, 5.41) is 1.12. The molecule has 2 atom stereocenters. The Labute approximate surface area is 221 Å². The number of rotatable bonds is 3. The van der Waals surface area contributed by atoms with Crippen molar-refractivity contribution in [2.24, 2.45) is 0 Å². The third-order valence-corrected chi connectivity index (χ3v) is 8.31. The Morgan fingerprint density at radius 1 is 1.22 bits per heavy atom. The zero-order valence-electron chi connectivity index (χ0n) is 20.1. The molecular weight excluding hydrogens is 522 g/mol. The van der Waals surface area contributed by atoms with Gasteiger partial charge in [0.05, 0.1) is 35.8 Å². The van der Waals surface area contributed by atoms with Gasteiger partial charge in [0.25, 0.3) is 0 Å². The summed E-state index contributed by atoms with van der Waals surface area (Å²) in [4.78, 5) is 31.8. The van der Waals surface area contributed by atoms with Crippen LogP contribution < -0.4 is 10.6 Å². The maximum atomic E-state index is 14.8. The number of fused-ring (bicyclic) bond motifs is 2. The minimum absolute atomic E-state index is 0.210. The number of aldehydes is 1. The molecule has 7 nitrogen and oxygen atoms in total. The molecule has 11 heteroatoms. The average molecular weight is 547 g/mol. The number of halogens is 3. The predicted octanol–water partition coefficient (Wildman–Crippen LogP) is 3.99. The quantitative estimate of drug-likeness (QED) is 0.363. The van der Waals surface area contributed by atoms with Gasteiger partial charge in [-0.3, -0.25) is 14.3 Å². The number of carbonyl (C=O) groups excluding carboxylic acids is 1. The van der Waals surface area contributed by atoms with Crippen LogP contribution >= 0.6 is 23.4 Å². The fourth-order valence-electron chi connectivity index (χ4n) is 5.13. The number of carbonyl (C=O) groups is 1. The number of anilines is 1. The lowest BCUT2D eigenvalue weighted by Gasteiger charge is -2.48. The number of ether oxygens (including phenoxy) is 1. The molecule has 194 valence electrons. The van der Waals surface area contributed by atoms with E-state index in [1.54, 1.807) is 10.6 Å². The smallest absolute Gasteiger partial charge is 0.350 e. The number of hydrogen-bond donors (Lipinski definition) is 0. The van der Waals surface area contributed by atoms with Gasteiger partial charge in [0.1, 0.15) is 23.7 Å². The minimum atomic E-state index is -0.686. The molecule has 0 N–H and O–H groups in total. The number of likely N-dealkylation sites (N-methyl/N-ethyl adjacent to an activating group) is 1. The average Bonchev–Trinajstić information content (AvgIpc) is 2.87. The molecule has 0 aliphatic carbocycles. The van der Waals surface area contributed by atoms with Crippen LogP contribution in [0.2, 0.25) is 5.02 Å². The Bertz CT molecular complexity index is 1430. The van der Waals surface area contributed by atoms with Crippen LogP contribution in [0.4, 0.5) is 14.6 Å². The monoisotopic (exact) mass is 546 g/mol. The van der Waals surface area contributed by atoms with Crippen molar-refractivity contribution < 1.29 is 18.3 Å². The summed E-state index contributed by atoms with van der Waals surface area (Å²) in [5.41, 5.74) is 1.09. The Kier molecular flexibility index (Phi) is 7.35. The Morgan fingerprint density at radius 3 is 2.57 bits per heavy atom. The zero-order chi connectivity index (χ0) is 26.3. The van der Waals surface area contributed by atoms with Crippen LogP contribution in [0.25, 0.3) is 22.0 Å². The lowest BCUT2D eigenvalue weighted by molar-refractivity contribution is -0.104. The van der Waals surface area contributed by atoms with E-state index in [0.717, 1.165) is 16.3 Å². The molecule has 2 bridgehead atoms. The van der Waals surface area contributed by atoms with Gasteiger partial charge in [-0.05, 0) is 31.3 Å². The van der Waals surface area contributed by atoms with Crippen LogP contribution in [0.1, 0.15) is 0 Å². The molecule has 2 fully saturated rings. The fourth-order valence-corrected chi connectivity index (χ4v) is 6.69. The number of morpholine rings is 1. The first-order valence-corrected chi connectivity index (χ1v) is 13.2. The predicted molar refractivity (Wildman–Crippen MR) is 142 cm³/mol. The van der Waals surface area contributed by atoms with Crippen molar-refractivity contribution in [1.82, 2.24) is 14.5 Å². The topological polar surface area (TPSA) is 67.7 Å². The van der Waals surface area contributed by atoms with Crippen LogP contribution in [0, 0.1) is 11.6 Å². The number of aromatic nitrogens is 2. The second-order valence-corrected chi connectivity index (χ2v) is 10.6. The second kappa shape index (κ2) is 10.5. The summed E-state index contributed by atoms with van der Waals surface area (Å²) < 4.78 is 35.7. The van der Waals surface area contributed by atoms with E-state index in [0.29, 0.717) is 66.8 Å². The highest BCUT2D eigenvalue weighted by Crippen LogP contribution is 2.46. The Balaban J connectivity index is 0.000000655. The summed E-state index contributed by atoms with van der Waals surface area (Å²) in [7, 11) is 2.10. The first-order valence-electron chi connectivity index (χ1n) is 11.8. The van der Waals surface area contributed by atoms with Gasteiger partial charge in [-0.1, -0.05) is 18.2 Å². The van der Waals surface area contributed by atoms with Crippen LogP contribution in [0.15, 0.2) is 46.6 Å². The summed E-state index contributed by atoms with van der Waals surface area (Å²) in [6, 6.07) is 5.66. The van der Waals surface area contributed by atoms with E-state index in [1.165, 1.54) is 30.0 Å². The van der Waals surface area contributed by atoms with E-state index >= 15 is 0 Å². The zero-order valence-corrected chi connectivity index (χ0v) is 21.7. The van der Waals surface area contributed by atoms with Gasteiger partial charge in [-0.15, -0.1) is 11.8 Å². The van der Waals surface area contributed by atoms with Crippen molar-refractivity contribution in [2.75, 3.05) is 44.0 Å². The first kappa shape index (κ1) is 25.8. The molecule has 2 aromatic carbocycles. The van der Waals surface area contributed by atoms with E-state index in [4.69, 9.17) is 21.1 Å². The number of nitrogens with zero attached hydrogens (tertiary/aromatic N) is 4. The van der Waals surface area contributed by atoms with Crippen molar-refractivity contribution in [3.05, 3.63) is 64.1 Å². The van der Waals surface area contributed by atoms with Crippen molar-refractivity contribution in [2.45, 2.75) is 23.5 Å². The molecule has 0 spiro atoms. The van der Waals surface area contributed by atoms with Gasteiger partial charge < -0.3 is 9.64 Å². The van der Waals surface area contributed by atoms with E-state index in [2.05, 4.69) is 28.4 Å². The molecule has 3 aliphatic rings. The van der Waals surface area contributed by atoms with E-state index in [9.17, 15) is 13.6 Å². The van der Waals surface area contributed by atoms with Gasteiger partial charge in [0, 0.05) is 52.9 Å². The number of thioether (sulfide) groups is 1. The second-order valence-electron chi connectivity index (χ2n) is 9.09. The minimum Gasteiger partial charge on any atom is -0.378 e. The highest BCUT2D eigenvalue weighted by Gasteiger charge is 2.37. The maximum absolute atomic E-state index is 14.8. The lowest BCUT2D eigenvalue weighted by Crippen LogP contribution is -2.63. The van der Waals surface area contributed by atoms with Crippen molar-refractivity contribution in [3.63, 3.8) is 0 Å². The number of piperazine rings is 1. The van der Waals surface area contributed by atoms with Crippen LogP contribution in [-0.4, -0.2) is 71.9 Å². The third kappa shape index (κ3) is 4.67. The number of aryl methyl sites for hydroxylation is 1. The summed E-state index contributed by atoms with van der Waals surface area (Å²) in [5.74, 6) is -0.0981. The van der Waals surface area contributed by atoms with Gasteiger partial charge in [0.2, 0.25) is 0 Å². The maximum Gasteiger partial charge on any atom is 0.350 e. The molecular formula is C26H25ClF2N4O3S. The van der Waals surface area contributed by atoms with Crippen LogP contribution in [-0.2, 0) is 16.1 Å².